The number of benzene rings is 2. The number of aromatic nitrogens is 1. The lowest BCUT2D eigenvalue weighted by Gasteiger charge is -2.08. The fraction of sp³-hybridized carbons (Fsp3) is 0. The summed E-state index contributed by atoms with van der Waals surface area (Å²) in [5.41, 5.74) is 1.45. The highest BCUT2D eigenvalue weighted by Crippen LogP contribution is 2.35. The second kappa shape index (κ2) is 8.16. The molecule has 2 heterocycles. The third-order valence-electron chi connectivity index (χ3n) is 4.11. The Kier molecular flexibility index (Phi) is 5.41. The quantitative estimate of drug-likeness (QED) is 0.182. The van der Waals surface area contributed by atoms with Gasteiger partial charge in [0.1, 0.15) is 16.6 Å². The number of allylic oxidation sites excluding steroid dienone is 1. The molecule has 0 N–H and O–H groups in total. The number of rotatable bonds is 4. The van der Waals surface area contributed by atoms with Crippen LogP contribution in [0.1, 0.15) is 10.6 Å². The van der Waals surface area contributed by atoms with E-state index in [-0.39, 0.29) is 15.6 Å². The van der Waals surface area contributed by atoms with Crippen molar-refractivity contribution in [3.63, 3.8) is 0 Å². The highest BCUT2D eigenvalue weighted by molar-refractivity contribution is 8.26. The van der Waals surface area contributed by atoms with Gasteiger partial charge in [-0.05, 0) is 23.8 Å². The second-order valence-electron chi connectivity index (χ2n) is 6.05. The van der Waals surface area contributed by atoms with Crippen molar-refractivity contribution in [3.8, 4) is 6.07 Å². The molecule has 0 radical (unpaired) electrons. The van der Waals surface area contributed by atoms with Crippen molar-refractivity contribution >= 4 is 73.1 Å². The molecule has 0 aliphatic carbocycles. The number of carbonyl (C=O) groups is 1. The molecule has 0 unspecified atom stereocenters. The molecule has 146 valence electrons. The Morgan fingerprint density at radius 1 is 1.27 bits per heavy atom. The maximum Gasteiger partial charge on any atom is 0.270 e. The Balaban J connectivity index is 1.65. The van der Waals surface area contributed by atoms with Crippen molar-refractivity contribution in [1.82, 2.24) is 9.88 Å². The molecule has 1 saturated heterocycles. The van der Waals surface area contributed by atoms with Gasteiger partial charge in [-0.3, -0.25) is 19.8 Å². The van der Waals surface area contributed by atoms with Crippen LogP contribution < -0.4 is 0 Å². The summed E-state index contributed by atoms with van der Waals surface area (Å²) in [5.74, 6) is -0.398. The highest BCUT2D eigenvalue weighted by Gasteiger charge is 2.31. The monoisotopic (exact) mass is 450 g/mol. The zero-order valence-electron chi connectivity index (χ0n) is 15.0. The second-order valence-corrected chi connectivity index (χ2v) is 8.75. The maximum absolute atomic E-state index is 12.8. The molecule has 30 heavy (non-hydrogen) atoms. The number of thioether (sulfide) groups is 1. The number of amides is 1. The van der Waals surface area contributed by atoms with Crippen LogP contribution >= 0.6 is 35.3 Å². The minimum Gasteiger partial charge on any atom is -0.268 e. The van der Waals surface area contributed by atoms with Gasteiger partial charge in [0.15, 0.2) is 4.32 Å². The lowest BCUT2D eigenvalue weighted by molar-refractivity contribution is -0.384. The summed E-state index contributed by atoms with van der Waals surface area (Å²) in [4.78, 5) is 29.3. The molecule has 2 aromatic carbocycles. The summed E-state index contributed by atoms with van der Waals surface area (Å²) in [5, 5.41) is 21.1. The summed E-state index contributed by atoms with van der Waals surface area (Å²) < 4.78 is 1.20. The fourth-order valence-electron chi connectivity index (χ4n) is 2.72. The van der Waals surface area contributed by atoms with E-state index in [4.69, 9.17) is 12.2 Å². The zero-order chi connectivity index (χ0) is 21.3. The number of para-hydroxylation sites is 1. The molecule has 10 heteroatoms. The van der Waals surface area contributed by atoms with Crippen LogP contribution in [-0.4, -0.2) is 25.0 Å². The minimum atomic E-state index is -0.498. The molecule has 1 aliphatic rings. The first-order valence-electron chi connectivity index (χ1n) is 8.45. The maximum atomic E-state index is 12.8. The van der Waals surface area contributed by atoms with E-state index in [9.17, 15) is 20.2 Å². The van der Waals surface area contributed by atoms with Gasteiger partial charge in [0.05, 0.1) is 20.0 Å². The molecular weight excluding hydrogens is 440 g/mol. The summed E-state index contributed by atoms with van der Waals surface area (Å²) in [6.45, 7) is 0. The van der Waals surface area contributed by atoms with Gasteiger partial charge < -0.3 is 0 Å². The Morgan fingerprint density at radius 3 is 2.80 bits per heavy atom. The minimum absolute atomic E-state index is 0.0678. The molecule has 0 spiro atoms. The lowest BCUT2D eigenvalue weighted by Crippen LogP contribution is -2.22. The van der Waals surface area contributed by atoms with Crippen LogP contribution in [0.25, 0.3) is 21.9 Å². The number of nitro groups is 1. The van der Waals surface area contributed by atoms with E-state index < -0.39 is 10.8 Å². The molecular formula is C20H10N4O3S3. The van der Waals surface area contributed by atoms with E-state index in [1.165, 1.54) is 34.6 Å². The van der Waals surface area contributed by atoms with Crippen molar-refractivity contribution in [2.75, 3.05) is 0 Å². The predicted molar refractivity (Wildman–Crippen MR) is 121 cm³/mol. The van der Waals surface area contributed by atoms with Crippen LogP contribution in [0.3, 0.4) is 0 Å². The third-order valence-corrected chi connectivity index (χ3v) is 6.51. The van der Waals surface area contributed by atoms with Gasteiger partial charge in [0, 0.05) is 18.3 Å². The van der Waals surface area contributed by atoms with Gasteiger partial charge in [-0.2, -0.15) is 5.26 Å². The number of thiazole rings is 1. The third kappa shape index (κ3) is 3.86. The molecule has 3 aromatic rings. The molecule has 1 fully saturated rings. The first-order chi connectivity index (χ1) is 14.5. The van der Waals surface area contributed by atoms with E-state index in [0.717, 1.165) is 22.0 Å². The van der Waals surface area contributed by atoms with E-state index in [2.05, 4.69) is 11.1 Å². The number of carbonyl (C=O) groups excluding carboxylic acids is 1. The highest BCUT2D eigenvalue weighted by atomic mass is 32.2. The van der Waals surface area contributed by atoms with Gasteiger partial charge in [0.25, 0.3) is 11.6 Å². The zero-order valence-corrected chi connectivity index (χ0v) is 17.5. The van der Waals surface area contributed by atoms with Crippen LogP contribution in [0.4, 0.5) is 5.69 Å². The standard InChI is InChI=1S/C20H10N4O3S3/c21-10-13(18-22-15-6-1-2-7-16(15)29-18)11-23-19(25)17(30-20(23)28)9-12-4-3-5-14(8-12)24(26)27/h1-9,11H/b13-11-,17-9-. The van der Waals surface area contributed by atoms with Crippen molar-refractivity contribution < 1.29 is 9.72 Å². The van der Waals surface area contributed by atoms with Crippen LogP contribution in [0.5, 0.6) is 0 Å². The molecule has 0 saturated carbocycles. The van der Waals surface area contributed by atoms with Crippen molar-refractivity contribution in [3.05, 3.63) is 80.3 Å². The fourth-order valence-corrected chi connectivity index (χ4v) is 4.85. The molecule has 0 atom stereocenters. The molecule has 1 amide bonds. The number of nitro benzene ring substituents is 1. The lowest BCUT2D eigenvalue weighted by atomic mass is 10.2. The average molecular weight is 451 g/mol. The van der Waals surface area contributed by atoms with Gasteiger partial charge in [0.2, 0.25) is 0 Å². The van der Waals surface area contributed by atoms with Gasteiger partial charge >= 0.3 is 0 Å². The largest absolute Gasteiger partial charge is 0.270 e. The number of nitrogens with zero attached hydrogens (tertiary/aromatic N) is 4. The Morgan fingerprint density at radius 2 is 2.07 bits per heavy atom. The van der Waals surface area contributed by atoms with Crippen LogP contribution in [0, 0.1) is 21.4 Å². The summed E-state index contributed by atoms with van der Waals surface area (Å²) >= 11 is 7.73. The van der Waals surface area contributed by atoms with E-state index in [1.54, 1.807) is 18.2 Å². The van der Waals surface area contributed by atoms with Crippen LogP contribution in [-0.2, 0) is 4.79 Å². The topological polar surface area (TPSA) is 100 Å². The number of fused-ring (bicyclic) bond motifs is 1. The van der Waals surface area contributed by atoms with Crippen LogP contribution in [0.2, 0.25) is 0 Å². The number of thiocarbonyl (C=S) groups is 1. The number of nitriles is 1. The molecule has 7 nitrogen and oxygen atoms in total. The normalized spacial score (nSPS) is 15.8. The summed E-state index contributed by atoms with van der Waals surface area (Å²) in [6.07, 6.45) is 2.94. The van der Waals surface area contributed by atoms with E-state index >= 15 is 0 Å². The SMILES string of the molecule is N#C/C(=C/N1C(=O)/C(=C/c2cccc([N+](=O)[O-])c2)SC1=S)c1nc2ccccc2s1. The Bertz CT molecular complexity index is 1290. The van der Waals surface area contributed by atoms with E-state index in [0.29, 0.717) is 15.5 Å². The first kappa shape index (κ1) is 19.9. The van der Waals surface area contributed by atoms with Crippen molar-refractivity contribution in [2.24, 2.45) is 0 Å². The number of hydrogen-bond acceptors (Lipinski definition) is 8. The predicted octanol–water partition coefficient (Wildman–Crippen LogP) is 4.97. The van der Waals surface area contributed by atoms with Crippen molar-refractivity contribution in [1.29, 1.82) is 5.26 Å². The molecule has 4 rings (SSSR count). The van der Waals surface area contributed by atoms with Gasteiger partial charge in [-0.15, -0.1) is 11.3 Å². The smallest absolute Gasteiger partial charge is 0.268 e. The number of hydrogen-bond donors (Lipinski definition) is 0. The van der Waals surface area contributed by atoms with Crippen LogP contribution in [0.15, 0.2) is 59.6 Å². The number of non-ortho nitro benzene ring substituents is 1. The summed E-state index contributed by atoms with van der Waals surface area (Å²) in [6, 6.07) is 15.6. The summed E-state index contributed by atoms with van der Waals surface area (Å²) in [7, 11) is 0. The van der Waals surface area contributed by atoms with Crippen molar-refractivity contribution in [2.45, 2.75) is 0 Å². The van der Waals surface area contributed by atoms with E-state index in [1.807, 2.05) is 24.3 Å². The molecule has 1 aromatic heterocycles. The molecule has 0 bridgehead atoms. The van der Waals surface area contributed by atoms with Gasteiger partial charge in [-0.25, -0.2) is 4.98 Å². The van der Waals surface area contributed by atoms with Gasteiger partial charge in [-0.1, -0.05) is 48.2 Å². The average Bonchev–Trinajstić information content (AvgIpc) is 3.27. The first-order valence-corrected chi connectivity index (χ1v) is 10.5. The Hall–Kier alpha value is -3.39. The molecule has 1 aliphatic heterocycles. The Labute approximate surface area is 184 Å².